The van der Waals surface area contributed by atoms with E-state index >= 15 is 0 Å². The van der Waals surface area contributed by atoms with Crippen molar-refractivity contribution in [3.8, 4) is 11.6 Å². The summed E-state index contributed by atoms with van der Waals surface area (Å²) < 4.78 is 11.4. The van der Waals surface area contributed by atoms with Crippen molar-refractivity contribution in [3.63, 3.8) is 0 Å². The number of para-hydroxylation sites is 1. The predicted octanol–water partition coefficient (Wildman–Crippen LogP) is 4.70. The molecule has 118 valence electrons. The Bertz CT molecular complexity index is 811. The second kappa shape index (κ2) is 7.02. The van der Waals surface area contributed by atoms with Gasteiger partial charge in [0, 0.05) is 5.02 Å². The van der Waals surface area contributed by atoms with Gasteiger partial charge in [-0.2, -0.15) is 0 Å². The van der Waals surface area contributed by atoms with Gasteiger partial charge < -0.3 is 9.47 Å². The van der Waals surface area contributed by atoms with Crippen LogP contribution in [0.25, 0.3) is 10.9 Å². The van der Waals surface area contributed by atoms with Gasteiger partial charge in [-0.1, -0.05) is 35.3 Å². The lowest BCUT2D eigenvalue weighted by molar-refractivity contribution is 0.213. The molecule has 0 unspecified atom stereocenters. The Morgan fingerprint density at radius 1 is 1.00 bits per heavy atom. The van der Waals surface area contributed by atoms with Gasteiger partial charge in [-0.15, -0.1) is 0 Å². The summed E-state index contributed by atoms with van der Waals surface area (Å²) in [6, 6.07) is 11.1. The van der Waals surface area contributed by atoms with E-state index in [0.29, 0.717) is 34.9 Å². The number of aromatic nitrogens is 2. The molecular formula is C17H14Cl2N2O2. The number of fused-ring (bicyclic) bond motifs is 1. The van der Waals surface area contributed by atoms with Crippen molar-refractivity contribution in [1.82, 2.24) is 9.97 Å². The summed E-state index contributed by atoms with van der Waals surface area (Å²) in [4.78, 5) is 8.36. The maximum atomic E-state index is 6.14. The molecule has 0 fully saturated rings. The molecule has 0 bridgehead atoms. The Kier molecular flexibility index (Phi) is 4.84. The third kappa shape index (κ3) is 3.66. The Balaban J connectivity index is 1.64. The van der Waals surface area contributed by atoms with E-state index in [1.807, 2.05) is 37.3 Å². The average Bonchev–Trinajstić information content (AvgIpc) is 2.53. The molecule has 3 rings (SSSR count). The zero-order valence-corrected chi connectivity index (χ0v) is 13.9. The SMILES string of the molecule is Cc1cc(Cl)cc(Cl)c1OCCOc1ncnc2ccccc12. The van der Waals surface area contributed by atoms with Crippen molar-refractivity contribution in [2.45, 2.75) is 6.92 Å². The maximum Gasteiger partial charge on any atom is 0.224 e. The van der Waals surface area contributed by atoms with Gasteiger partial charge in [0.2, 0.25) is 5.88 Å². The van der Waals surface area contributed by atoms with Crippen LogP contribution < -0.4 is 9.47 Å². The van der Waals surface area contributed by atoms with E-state index in [1.165, 1.54) is 6.33 Å². The molecule has 0 aliphatic heterocycles. The number of hydrogen-bond donors (Lipinski definition) is 0. The highest BCUT2D eigenvalue weighted by molar-refractivity contribution is 6.35. The lowest BCUT2D eigenvalue weighted by atomic mass is 10.2. The largest absolute Gasteiger partial charge is 0.488 e. The molecule has 0 saturated heterocycles. The first-order valence-electron chi connectivity index (χ1n) is 7.06. The van der Waals surface area contributed by atoms with Crippen LogP contribution in [0.1, 0.15) is 5.56 Å². The van der Waals surface area contributed by atoms with Crippen molar-refractivity contribution in [2.24, 2.45) is 0 Å². The van der Waals surface area contributed by atoms with Crippen LogP contribution in [0.3, 0.4) is 0 Å². The molecule has 1 aromatic heterocycles. The molecule has 0 aliphatic carbocycles. The monoisotopic (exact) mass is 348 g/mol. The number of nitrogens with zero attached hydrogens (tertiary/aromatic N) is 2. The minimum atomic E-state index is 0.347. The maximum absolute atomic E-state index is 6.14. The van der Waals surface area contributed by atoms with Gasteiger partial charge in [0.15, 0.2) is 0 Å². The van der Waals surface area contributed by atoms with Crippen molar-refractivity contribution in [2.75, 3.05) is 13.2 Å². The molecule has 0 radical (unpaired) electrons. The van der Waals surface area contributed by atoms with Crippen LogP contribution in [0.4, 0.5) is 0 Å². The van der Waals surface area contributed by atoms with Gasteiger partial charge >= 0.3 is 0 Å². The molecule has 0 amide bonds. The summed E-state index contributed by atoms with van der Waals surface area (Å²) >= 11 is 12.1. The fourth-order valence-corrected chi connectivity index (χ4v) is 2.90. The van der Waals surface area contributed by atoms with E-state index in [0.717, 1.165) is 16.5 Å². The number of hydrogen-bond acceptors (Lipinski definition) is 4. The number of halogens is 2. The Morgan fingerprint density at radius 3 is 2.61 bits per heavy atom. The topological polar surface area (TPSA) is 44.2 Å². The fraction of sp³-hybridized carbons (Fsp3) is 0.176. The Morgan fingerprint density at radius 2 is 1.78 bits per heavy atom. The number of ether oxygens (including phenoxy) is 2. The molecule has 0 N–H and O–H groups in total. The molecule has 0 aliphatic rings. The van der Waals surface area contributed by atoms with Crippen LogP contribution in [-0.2, 0) is 0 Å². The highest BCUT2D eigenvalue weighted by Gasteiger charge is 2.08. The molecule has 0 spiro atoms. The van der Waals surface area contributed by atoms with Gasteiger partial charge in [-0.3, -0.25) is 0 Å². The van der Waals surface area contributed by atoms with Gasteiger partial charge in [-0.25, -0.2) is 9.97 Å². The lowest BCUT2D eigenvalue weighted by Crippen LogP contribution is -2.11. The number of benzene rings is 2. The molecule has 4 nitrogen and oxygen atoms in total. The second-order valence-electron chi connectivity index (χ2n) is 4.93. The molecule has 0 atom stereocenters. The molecule has 23 heavy (non-hydrogen) atoms. The van der Waals surface area contributed by atoms with Crippen molar-refractivity contribution in [1.29, 1.82) is 0 Å². The van der Waals surface area contributed by atoms with Gasteiger partial charge in [-0.05, 0) is 36.8 Å². The predicted molar refractivity (Wildman–Crippen MR) is 91.7 cm³/mol. The van der Waals surface area contributed by atoms with E-state index in [-0.39, 0.29) is 0 Å². The highest BCUT2D eigenvalue weighted by Crippen LogP contribution is 2.31. The summed E-state index contributed by atoms with van der Waals surface area (Å²) in [6.07, 6.45) is 1.48. The standard InChI is InChI=1S/C17H14Cl2N2O2/c1-11-8-12(18)9-14(19)16(11)22-6-7-23-17-13-4-2-3-5-15(13)20-10-21-17/h2-5,8-10H,6-7H2,1H3. The molecular weight excluding hydrogens is 335 g/mol. The zero-order chi connectivity index (χ0) is 16.2. The van der Waals surface area contributed by atoms with E-state index in [9.17, 15) is 0 Å². The lowest BCUT2D eigenvalue weighted by Gasteiger charge is -2.12. The fourth-order valence-electron chi connectivity index (χ4n) is 2.25. The zero-order valence-electron chi connectivity index (χ0n) is 12.4. The van der Waals surface area contributed by atoms with Crippen LogP contribution in [-0.4, -0.2) is 23.2 Å². The summed E-state index contributed by atoms with van der Waals surface area (Å²) in [5.74, 6) is 1.16. The minimum Gasteiger partial charge on any atom is -0.488 e. The van der Waals surface area contributed by atoms with E-state index in [4.69, 9.17) is 32.7 Å². The van der Waals surface area contributed by atoms with Gasteiger partial charge in [0.25, 0.3) is 0 Å². The normalized spacial score (nSPS) is 10.7. The van der Waals surface area contributed by atoms with Gasteiger partial charge in [0.1, 0.15) is 25.3 Å². The van der Waals surface area contributed by atoms with Crippen LogP contribution in [0.5, 0.6) is 11.6 Å². The third-order valence-electron chi connectivity index (χ3n) is 3.27. The minimum absolute atomic E-state index is 0.347. The third-order valence-corrected chi connectivity index (χ3v) is 3.77. The Hall–Kier alpha value is -2.04. The van der Waals surface area contributed by atoms with Crippen LogP contribution >= 0.6 is 23.2 Å². The second-order valence-corrected chi connectivity index (χ2v) is 5.77. The van der Waals surface area contributed by atoms with E-state index in [1.54, 1.807) is 6.07 Å². The average molecular weight is 349 g/mol. The summed E-state index contributed by atoms with van der Waals surface area (Å²) in [5.41, 5.74) is 1.73. The smallest absolute Gasteiger partial charge is 0.224 e. The first-order valence-corrected chi connectivity index (χ1v) is 7.82. The summed E-state index contributed by atoms with van der Waals surface area (Å²) in [5, 5.41) is 1.95. The highest BCUT2D eigenvalue weighted by atomic mass is 35.5. The molecule has 0 saturated carbocycles. The number of aryl methyl sites for hydroxylation is 1. The van der Waals surface area contributed by atoms with E-state index < -0.39 is 0 Å². The molecule has 2 aromatic carbocycles. The first kappa shape index (κ1) is 15.8. The number of rotatable bonds is 5. The first-order chi connectivity index (χ1) is 11.1. The summed E-state index contributed by atoms with van der Waals surface area (Å²) in [7, 11) is 0. The van der Waals surface area contributed by atoms with Gasteiger partial charge in [0.05, 0.1) is 15.9 Å². The Labute approximate surface area is 144 Å². The quantitative estimate of drug-likeness (QED) is 0.626. The van der Waals surface area contributed by atoms with Crippen molar-refractivity contribution >= 4 is 34.1 Å². The molecule has 1 heterocycles. The van der Waals surface area contributed by atoms with Crippen molar-refractivity contribution < 1.29 is 9.47 Å². The van der Waals surface area contributed by atoms with Crippen molar-refractivity contribution in [3.05, 3.63) is 58.3 Å². The van der Waals surface area contributed by atoms with Crippen LogP contribution in [0, 0.1) is 6.92 Å². The van der Waals surface area contributed by atoms with Crippen LogP contribution in [0.15, 0.2) is 42.7 Å². The molecule has 6 heteroatoms. The summed E-state index contributed by atoms with van der Waals surface area (Å²) in [6.45, 7) is 2.59. The van der Waals surface area contributed by atoms with Crippen LogP contribution in [0.2, 0.25) is 10.0 Å². The van der Waals surface area contributed by atoms with E-state index in [2.05, 4.69) is 9.97 Å². The molecule has 3 aromatic rings.